The predicted octanol–water partition coefficient (Wildman–Crippen LogP) is 4.66. The van der Waals surface area contributed by atoms with Gasteiger partial charge in [0.15, 0.2) is 0 Å². The smallest absolute Gasteiger partial charge is 0.303 e. The molecule has 0 saturated heterocycles. The van der Waals surface area contributed by atoms with Gasteiger partial charge in [0.1, 0.15) is 5.75 Å². The molecule has 3 aliphatic carbocycles. The van der Waals surface area contributed by atoms with Crippen molar-refractivity contribution in [2.75, 3.05) is 14.2 Å². The summed E-state index contributed by atoms with van der Waals surface area (Å²) in [6, 6.07) is 6.60. The number of hydrogen-bond acceptors (Lipinski definition) is 3. The second-order valence-electron chi connectivity index (χ2n) is 9.10. The van der Waals surface area contributed by atoms with Crippen LogP contribution < -0.4 is 4.74 Å². The maximum atomic E-state index is 11.2. The Balaban J connectivity index is 1.65. The van der Waals surface area contributed by atoms with Crippen LogP contribution in [-0.4, -0.2) is 31.4 Å². The Morgan fingerprint density at radius 3 is 2.81 bits per heavy atom. The minimum atomic E-state index is -0.675. The van der Waals surface area contributed by atoms with Gasteiger partial charge < -0.3 is 14.6 Å². The van der Waals surface area contributed by atoms with Crippen LogP contribution in [-0.2, 0) is 16.0 Å². The first-order valence-electron chi connectivity index (χ1n) is 10.4. The fraction of sp³-hybridized carbons (Fsp3) is 0.696. The Morgan fingerprint density at radius 1 is 1.30 bits per heavy atom. The van der Waals surface area contributed by atoms with E-state index >= 15 is 0 Å². The van der Waals surface area contributed by atoms with Gasteiger partial charge in [-0.25, -0.2) is 0 Å². The number of aryl methyl sites for hydroxylation is 1. The van der Waals surface area contributed by atoms with Crippen molar-refractivity contribution in [2.45, 2.75) is 63.9 Å². The molecule has 0 spiro atoms. The zero-order valence-electron chi connectivity index (χ0n) is 16.7. The Labute approximate surface area is 162 Å². The van der Waals surface area contributed by atoms with E-state index in [-0.39, 0.29) is 17.9 Å². The number of fused-ring (bicyclic) bond motifs is 5. The molecule has 148 valence electrons. The summed E-state index contributed by atoms with van der Waals surface area (Å²) >= 11 is 0. The van der Waals surface area contributed by atoms with Crippen LogP contribution in [0.4, 0.5) is 0 Å². The van der Waals surface area contributed by atoms with Crippen LogP contribution in [0.25, 0.3) is 0 Å². The topological polar surface area (TPSA) is 55.8 Å². The third-order valence-corrected chi connectivity index (χ3v) is 8.00. The molecule has 6 atom stereocenters. The summed E-state index contributed by atoms with van der Waals surface area (Å²) in [7, 11) is 3.57. The summed E-state index contributed by atoms with van der Waals surface area (Å²) in [5.41, 5.74) is 3.14. The molecule has 0 heterocycles. The predicted molar refractivity (Wildman–Crippen MR) is 104 cm³/mol. The third kappa shape index (κ3) is 3.06. The SMILES string of the molecule is COc1ccc2c(c1)CCC1C2CCC2(C)C(OC)CC(CCC(=O)O)C12. The average molecular weight is 373 g/mol. The molecule has 27 heavy (non-hydrogen) atoms. The number of carboxylic acids is 1. The van der Waals surface area contributed by atoms with E-state index in [0.717, 1.165) is 25.0 Å². The van der Waals surface area contributed by atoms with Gasteiger partial charge in [-0.3, -0.25) is 4.79 Å². The maximum Gasteiger partial charge on any atom is 0.303 e. The number of hydrogen-bond donors (Lipinski definition) is 1. The van der Waals surface area contributed by atoms with Crippen molar-refractivity contribution >= 4 is 5.97 Å². The van der Waals surface area contributed by atoms with Crippen LogP contribution in [0.1, 0.15) is 62.5 Å². The lowest BCUT2D eigenvalue weighted by molar-refractivity contribution is -0.137. The highest BCUT2D eigenvalue weighted by molar-refractivity contribution is 5.66. The Bertz CT molecular complexity index is 714. The zero-order chi connectivity index (χ0) is 19.2. The largest absolute Gasteiger partial charge is 0.497 e. The average Bonchev–Trinajstić information content (AvgIpc) is 2.97. The lowest BCUT2D eigenvalue weighted by Crippen LogP contribution is -2.45. The highest BCUT2D eigenvalue weighted by Gasteiger charge is 2.58. The van der Waals surface area contributed by atoms with Gasteiger partial charge in [0.05, 0.1) is 13.2 Å². The van der Waals surface area contributed by atoms with E-state index in [2.05, 4.69) is 25.1 Å². The summed E-state index contributed by atoms with van der Waals surface area (Å²) in [6.07, 6.45) is 7.03. The quantitative estimate of drug-likeness (QED) is 0.817. The maximum absolute atomic E-state index is 11.2. The highest BCUT2D eigenvalue weighted by Crippen LogP contribution is 2.64. The van der Waals surface area contributed by atoms with Gasteiger partial charge in [-0.05, 0) is 90.9 Å². The van der Waals surface area contributed by atoms with E-state index < -0.39 is 5.97 Å². The molecule has 0 radical (unpaired) electrons. The molecule has 3 aliphatic rings. The number of carbonyl (C=O) groups is 1. The first kappa shape index (κ1) is 18.8. The molecule has 0 aromatic heterocycles. The molecule has 4 nitrogen and oxygen atoms in total. The summed E-state index contributed by atoms with van der Waals surface area (Å²) in [4.78, 5) is 11.2. The first-order chi connectivity index (χ1) is 13.0. The molecule has 1 aromatic carbocycles. The van der Waals surface area contributed by atoms with Crippen LogP contribution in [0, 0.1) is 23.2 Å². The van der Waals surface area contributed by atoms with Crippen molar-refractivity contribution in [3.8, 4) is 5.75 Å². The summed E-state index contributed by atoms with van der Waals surface area (Å²) in [6.45, 7) is 2.41. The second-order valence-corrected chi connectivity index (χ2v) is 9.10. The van der Waals surface area contributed by atoms with Crippen molar-refractivity contribution in [3.05, 3.63) is 29.3 Å². The molecular weight excluding hydrogens is 340 g/mol. The minimum Gasteiger partial charge on any atom is -0.497 e. The molecule has 4 heteroatoms. The Morgan fingerprint density at radius 2 is 2.11 bits per heavy atom. The van der Waals surface area contributed by atoms with E-state index in [1.54, 1.807) is 7.11 Å². The zero-order valence-corrected chi connectivity index (χ0v) is 16.7. The van der Waals surface area contributed by atoms with Crippen LogP contribution in [0.3, 0.4) is 0 Å². The van der Waals surface area contributed by atoms with Crippen molar-refractivity contribution in [3.63, 3.8) is 0 Å². The monoisotopic (exact) mass is 372 g/mol. The molecular formula is C23H32O4. The van der Waals surface area contributed by atoms with Gasteiger partial charge in [0.2, 0.25) is 0 Å². The van der Waals surface area contributed by atoms with Crippen LogP contribution in [0.5, 0.6) is 5.75 Å². The van der Waals surface area contributed by atoms with E-state index in [0.29, 0.717) is 23.7 Å². The first-order valence-corrected chi connectivity index (χ1v) is 10.4. The fourth-order valence-corrected chi connectivity index (χ4v) is 6.89. The molecule has 4 rings (SSSR count). The summed E-state index contributed by atoms with van der Waals surface area (Å²) in [5.74, 6) is 2.54. The molecule has 1 N–H and O–H groups in total. The van der Waals surface area contributed by atoms with Gasteiger partial charge in [0, 0.05) is 13.5 Å². The Kier molecular flexibility index (Phi) is 4.96. The Hall–Kier alpha value is -1.55. The van der Waals surface area contributed by atoms with Crippen LogP contribution in [0.15, 0.2) is 18.2 Å². The number of methoxy groups -OCH3 is 2. The fourth-order valence-electron chi connectivity index (χ4n) is 6.89. The van der Waals surface area contributed by atoms with Crippen LogP contribution in [0.2, 0.25) is 0 Å². The molecule has 2 saturated carbocycles. The van der Waals surface area contributed by atoms with E-state index in [9.17, 15) is 9.90 Å². The van der Waals surface area contributed by atoms with Crippen molar-refractivity contribution in [1.82, 2.24) is 0 Å². The molecule has 0 amide bonds. The number of ether oxygens (including phenoxy) is 2. The molecule has 0 bridgehead atoms. The van der Waals surface area contributed by atoms with E-state index in [1.807, 2.05) is 7.11 Å². The summed E-state index contributed by atoms with van der Waals surface area (Å²) < 4.78 is 11.4. The highest BCUT2D eigenvalue weighted by atomic mass is 16.5. The lowest BCUT2D eigenvalue weighted by atomic mass is 9.53. The number of carboxylic acid groups (broad SMARTS) is 1. The molecule has 2 fully saturated rings. The minimum absolute atomic E-state index is 0.184. The molecule has 6 unspecified atom stereocenters. The van der Waals surface area contributed by atoms with Gasteiger partial charge in [-0.15, -0.1) is 0 Å². The standard InChI is InChI=1S/C23H32O4/c1-23-11-10-18-17-8-6-16(26-2)12-14(17)4-7-19(18)22(23)15(5-9-21(24)25)13-20(23)27-3/h6,8,12,15,18-20,22H,4-5,7,9-11,13H2,1-3H3,(H,24,25). The van der Waals surface area contributed by atoms with Crippen molar-refractivity contribution in [2.24, 2.45) is 23.2 Å². The summed E-state index contributed by atoms with van der Waals surface area (Å²) in [5, 5.41) is 9.23. The van der Waals surface area contributed by atoms with Crippen LogP contribution >= 0.6 is 0 Å². The van der Waals surface area contributed by atoms with Gasteiger partial charge in [-0.1, -0.05) is 13.0 Å². The second kappa shape index (κ2) is 7.12. The van der Waals surface area contributed by atoms with E-state index in [1.165, 1.54) is 30.4 Å². The van der Waals surface area contributed by atoms with Gasteiger partial charge >= 0.3 is 5.97 Å². The van der Waals surface area contributed by atoms with Crippen molar-refractivity contribution < 1.29 is 19.4 Å². The number of rotatable bonds is 5. The van der Waals surface area contributed by atoms with E-state index in [4.69, 9.17) is 9.47 Å². The van der Waals surface area contributed by atoms with Gasteiger partial charge in [-0.2, -0.15) is 0 Å². The van der Waals surface area contributed by atoms with Crippen molar-refractivity contribution in [1.29, 1.82) is 0 Å². The lowest BCUT2D eigenvalue weighted by Gasteiger charge is -2.52. The molecule has 0 aliphatic heterocycles. The third-order valence-electron chi connectivity index (χ3n) is 8.00. The number of aliphatic carboxylic acids is 1. The number of benzene rings is 1. The van der Waals surface area contributed by atoms with Gasteiger partial charge in [0.25, 0.3) is 0 Å². The molecule has 1 aromatic rings. The normalized spacial score (nSPS) is 37.2.